The van der Waals surface area contributed by atoms with Gasteiger partial charge >= 0.3 is 0 Å². The predicted molar refractivity (Wildman–Crippen MR) is 47.8 cm³/mol. The van der Waals surface area contributed by atoms with E-state index in [4.69, 9.17) is 5.73 Å². The van der Waals surface area contributed by atoms with Crippen molar-refractivity contribution in [2.75, 3.05) is 20.3 Å². The molecule has 1 amide bonds. The van der Waals surface area contributed by atoms with Crippen LogP contribution in [0.2, 0.25) is 0 Å². The zero-order chi connectivity index (χ0) is 9.40. The van der Waals surface area contributed by atoms with E-state index in [1.807, 2.05) is 6.92 Å². The van der Waals surface area contributed by atoms with Crippen LogP contribution >= 0.6 is 0 Å². The van der Waals surface area contributed by atoms with Crippen molar-refractivity contribution < 1.29 is 9.53 Å². The van der Waals surface area contributed by atoms with E-state index in [1.54, 1.807) is 0 Å². The Kier molecular flexibility index (Phi) is 6.70. The molecular weight excluding hydrogens is 156 g/mol. The number of hydrogen-bond donors (Lipinski definition) is 2. The van der Waals surface area contributed by atoms with Crippen molar-refractivity contribution in [2.24, 2.45) is 5.73 Å². The minimum atomic E-state index is -0.0715. The Morgan fingerprint density at radius 2 is 2.33 bits per heavy atom. The quantitative estimate of drug-likeness (QED) is 0.590. The first-order chi connectivity index (χ1) is 5.74. The molecular formula is C8H18N2O2. The van der Waals surface area contributed by atoms with Gasteiger partial charge in [0.05, 0.1) is 0 Å². The molecule has 0 aromatic carbocycles. The number of nitrogens with two attached hydrogens (primary N) is 1. The van der Waals surface area contributed by atoms with Crippen LogP contribution in [0.15, 0.2) is 0 Å². The summed E-state index contributed by atoms with van der Waals surface area (Å²) in [5, 5.41) is 2.82. The summed E-state index contributed by atoms with van der Waals surface area (Å²) in [7, 11) is 1.50. The Morgan fingerprint density at radius 3 is 2.75 bits per heavy atom. The smallest absolute Gasteiger partial charge is 0.246 e. The zero-order valence-corrected chi connectivity index (χ0v) is 7.80. The highest BCUT2D eigenvalue weighted by Crippen LogP contribution is 1.94. The van der Waals surface area contributed by atoms with E-state index in [0.717, 1.165) is 12.8 Å². The molecule has 0 rings (SSSR count). The summed E-state index contributed by atoms with van der Waals surface area (Å²) in [6.45, 7) is 2.75. The zero-order valence-electron chi connectivity index (χ0n) is 7.80. The van der Waals surface area contributed by atoms with Crippen LogP contribution in [0, 0.1) is 0 Å². The van der Waals surface area contributed by atoms with Crippen LogP contribution in [-0.2, 0) is 9.53 Å². The summed E-state index contributed by atoms with van der Waals surface area (Å²) < 4.78 is 4.68. The maximum atomic E-state index is 11.0. The van der Waals surface area contributed by atoms with Crippen molar-refractivity contribution in [1.29, 1.82) is 0 Å². The predicted octanol–water partition coefficient (Wildman–Crippen LogP) is -0.124. The first-order valence-corrected chi connectivity index (χ1v) is 4.23. The Bertz CT molecular complexity index is 128. The van der Waals surface area contributed by atoms with Gasteiger partial charge in [0.2, 0.25) is 5.91 Å². The number of methoxy groups -OCH3 is 1. The average molecular weight is 174 g/mol. The van der Waals surface area contributed by atoms with Gasteiger partial charge in [0.1, 0.15) is 6.61 Å². The largest absolute Gasteiger partial charge is 0.375 e. The maximum absolute atomic E-state index is 11.0. The van der Waals surface area contributed by atoms with Crippen molar-refractivity contribution >= 4 is 5.91 Å². The number of amides is 1. The third-order valence-electron chi connectivity index (χ3n) is 1.65. The molecule has 72 valence electrons. The van der Waals surface area contributed by atoms with E-state index in [0.29, 0.717) is 6.54 Å². The third-order valence-corrected chi connectivity index (χ3v) is 1.65. The fourth-order valence-corrected chi connectivity index (χ4v) is 0.980. The van der Waals surface area contributed by atoms with Crippen molar-refractivity contribution in [1.82, 2.24) is 5.32 Å². The molecule has 0 aromatic rings. The Morgan fingerprint density at radius 1 is 1.67 bits per heavy atom. The molecule has 12 heavy (non-hydrogen) atoms. The average Bonchev–Trinajstić information content (AvgIpc) is 2.04. The standard InChI is InChI=1S/C8H18N2O2/c1-3-7(4-5-9)10-8(11)6-12-2/h7H,3-6,9H2,1-2H3,(H,10,11). The minimum Gasteiger partial charge on any atom is -0.375 e. The monoisotopic (exact) mass is 174 g/mol. The molecule has 0 aliphatic rings. The number of ether oxygens (including phenoxy) is 1. The molecule has 0 aromatic heterocycles. The van der Waals surface area contributed by atoms with Gasteiger partial charge in [-0.25, -0.2) is 0 Å². The maximum Gasteiger partial charge on any atom is 0.246 e. The topological polar surface area (TPSA) is 64.3 Å². The van der Waals surface area contributed by atoms with Gasteiger partial charge in [-0.3, -0.25) is 4.79 Å². The van der Waals surface area contributed by atoms with Crippen LogP contribution in [0.3, 0.4) is 0 Å². The van der Waals surface area contributed by atoms with Crippen LogP contribution in [0.4, 0.5) is 0 Å². The van der Waals surface area contributed by atoms with E-state index >= 15 is 0 Å². The van der Waals surface area contributed by atoms with Gasteiger partial charge in [0.15, 0.2) is 0 Å². The molecule has 0 spiro atoms. The molecule has 3 N–H and O–H groups in total. The van der Waals surface area contributed by atoms with Crippen LogP contribution in [0.5, 0.6) is 0 Å². The second-order valence-electron chi connectivity index (χ2n) is 2.68. The van der Waals surface area contributed by atoms with Crippen LogP contribution in [0.1, 0.15) is 19.8 Å². The van der Waals surface area contributed by atoms with Gasteiger partial charge in [0.25, 0.3) is 0 Å². The van der Waals surface area contributed by atoms with E-state index in [2.05, 4.69) is 10.1 Å². The second kappa shape index (κ2) is 7.06. The summed E-state index contributed by atoms with van der Waals surface area (Å²) in [5.74, 6) is -0.0715. The molecule has 0 bridgehead atoms. The van der Waals surface area contributed by atoms with E-state index in [9.17, 15) is 4.79 Å². The summed E-state index contributed by atoms with van der Waals surface area (Å²) in [5.41, 5.74) is 5.37. The summed E-state index contributed by atoms with van der Waals surface area (Å²) in [6.07, 6.45) is 1.73. The highest BCUT2D eigenvalue weighted by Gasteiger charge is 2.08. The minimum absolute atomic E-state index is 0.0715. The lowest BCUT2D eigenvalue weighted by Gasteiger charge is -2.15. The first-order valence-electron chi connectivity index (χ1n) is 4.23. The van der Waals surface area contributed by atoms with Crippen molar-refractivity contribution in [3.63, 3.8) is 0 Å². The highest BCUT2D eigenvalue weighted by molar-refractivity contribution is 5.77. The molecule has 0 saturated heterocycles. The lowest BCUT2D eigenvalue weighted by Crippen LogP contribution is -2.37. The first kappa shape index (κ1) is 11.4. The fourth-order valence-electron chi connectivity index (χ4n) is 0.980. The van der Waals surface area contributed by atoms with Crippen molar-refractivity contribution in [3.8, 4) is 0 Å². The van der Waals surface area contributed by atoms with Gasteiger partial charge in [-0.1, -0.05) is 6.92 Å². The van der Waals surface area contributed by atoms with E-state index < -0.39 is 0 Å². The van der Waals surface area contributed by atoms with Gasteiger partial charge < -0.3 is 15.8 Å². The molecule has 4 nitrogen and oxygen atoms in total. The van der Waals surface area contributed by atoms with E-state index in [-0.39, 0.29) is 18.6 Å². The number of carbonyl (C=O) groups excluding carboxylic acids is 1. The lowest BCUT2D eigenvalue weighted by molar-refractivity contribution is -0.125. The van der Waals surface area contributed by atoms with Crippen LogP contribution in [0.25, 0.3) is 0 Å². The van der Waals surface area contributed by atoms with E-state index in [1.165, 1.54) is 7.11 Å². The van der Waals surface area contributed by atoms with Crippen LogP contribution in [-0.4, -0.2) is 32.2 Å². The summed E-state index contributed by atoms with van der Waals surface area (Å²) in [6, 6.07) is 0.192. The number of rotatable bonds is 6. The molecule has 0 aliphatic carbocycles. The molecule has 0 radical (unpaired) electrons. The summed E-state index contributed by atoms with van der Waals surface area (Å²) >= 11 is 0. The Labute approximate surface area is 73.5 Å². The Balaban J connectivity index is 3.61. The summed E-state index contributed by atoms with van der Waals surface area (Å²) in [4.78, 5) is 11.0. The molecule has 1 unspecified atom stereocenters. The molecule has 0 heterocycles. The van der Waals surface area contributed by atoms with Gasteiger partial charge in [-0.05, 0) is 19.4 Å². The number of hydrogen-bond acceptors (Lipinski definition) is 3. The molecule has 0 saturated carbocycles. The van der Waals surface area contributed by atoms with Crippen molar-refractivity contribution in [3.05, 3.63) is 0 Å². The second-order valence-corrected chi connectivity index (χ2v) is 2.68. The SMILES string of the molecule is CCC(CCN)NC(=O)COC. The van der Waals surface area contributed by atoms with Gasteiger partial charge in [-0.15, -0.1) is 0 Å². The third kappa shape index (κ3) is 5.09. The number of nitrogens with one attached hydrogen (secondary N) is 1. The highest BCUT2D eigenvalue weighted by atomic mass is 16.5. The van der Waals surface area contributed by atoms with Gasteiger partial charge in [0, 0.05) is 13.2 Å². The Hall–Kier alpha value is -0.610. The lowest BCUT2D eigenvalue weighted by atomic mass is 10.1. The fraction of sp³-hybridized carbons (Fsp3) is 0.875. The molecule has 0 fully saturated rings. The van der Waals surface area contributed by atoms with Gasteiger partial charge in [-0.2, -0.15) is 0 Å². The van der Waals surface area contributed by atoms with Crippen LogP contribution < -0.4 is 11.1 Å². The molecule has 4 heteroatoms. The number of carbonyl (C=O) groups is 1. The molecule has 0 aliphatic heterocycles. The van der Waals surface area contributed by atoms with Crippen molar-refractivity contribution in [2.45, 2.75) is 25.8 Å². The molecule has 1 atom stereocenters. The normalized spacial score (nSPS) is 12.6.